The van der Waals surface area contributed by atoms with Crippen LogP contribution in [0.1, 0.15) is 11.8 Å². The maximum atomic E-state index is 9.43. The third-order valence-electron chi connectivity index (χ3n) is 2.08. The van der Waals surface area contributed by atoms with Crippen molar-refractivity contribution >= 4 is 0 Å². The van der Waals surface area contributed by atoms with Crippen molar-refractivity contribution in [3.8, 4) is 0 Å². The molecule has 1 aliphatic rings. The number of aromatic nitrogens is 1. The minimum absolute atomic E-state index is 0.199. The van der Waals surface area contributed by atoms with E-state index in [0.29, 0.717) is 0 Å². The van der Waals surface area contributed by atoms with E-state index in [-0.39, 0.29) is 6.61 Å². The topological polar surface area (TPSA) is 65.5 Å². The van der Waals surface area contributed by atoms with Crippen molar-refractivity contribution in [3.05, 3.63) is 24.0 Å². The lowest BCUT2D eigenvalue weighted by atomic mass is 10.1. The first-order valence-corrected chi connectivity index (χ1v) is 3.90. The van der Waals surface area contributed by atoms with Crippen molar-refractivity contribution in [3.63, 3.8) is 0 Å². The highest BCUT2D eigenvalue weighted by molar-refractivity contribution is 5.11. The van der Waals surface area contributed by atoms with E-state index < -0.39 is 18.3 Å². The predicted molar refractivity (Wildman–Crippen MR) is 41.5 cm³/mol. The lowest BCUT2D eigenvalue weighted by molar-refractivity contribution is 0.0207. The van der Waals surface area contributed by atoms with Gasteiger partial charge >= 0.3 is 0 Å². The summed E-state index contributed by atoms with van der Waals surface area (Å²) in [6.45, 7) is 0.199. The summed E-state index contributed by atoms with van der Waals surface area (Å²) in [5.41, 5.74) is 0.805. The van der Waals surface area contributed by atoms with Gasteiger partial charge in [-0.1, -0.05) is 0 Å². The van der Waals surface area contributed by atoms with Crippen LogP contribution in [0, 0.1) is 0 Å². The average molecular weight is 169 g/mol. The van der Waals surface area contributed by atoms with Gasteiger partial charge in [-0.2, -0.15) is 0 Å². The van der Waals surface area contributed by atoms with Crippen LogP contribution >= 0.6 is 0 Å². The number of ether oxygens (including phenoxy) is 1. The molecule has 1 saturated heterocycles. The molecule has 0 aromatic carbocycles. The summed E-state index contributed by atoms with van der Waals surface area (Å²) in [5.74, 6) is 0. The molecule has 3 atom stereocenters. The molecule has 0 aliphatic carbocycles. The van der Waals surface area contributed by atoms with Crippen LogP contribution in [0.5, 0.6) is 0 Å². The molecule has 2 heterocycles. The second kappa shape index (κ2) is 2.90. The number of hydrogen-bond donors (Lipinski definition) is 3. The fourth-order valence-corrected chi connectivity index (χ4v) is 1.40. The zero-order chi connectivity index (χ0) is 8.55. The first kappa shape index (κ1) is 7.79. The molecule has 3 N–H and O–H groups in total. The molecule has 3 unspecified atom stereocenters. The van der Waals surface area contributed by atoms with Crippen molar-refractivity contribution < 1.29 is 14.9 Å². The van der Waals surface area contributed by atoms with Gasteiger partial charge in [-0.25, -0.2) is 0 Å². The summed E-state index contributed by atoms with van der Waals surface area (Å²) in [4.78, 5) is 2.93. The fraction of sp³-hybridized carbons (Fsp3) is 0.500. The van der Waals surface area contributed by atoms with Gasteiger partial charge in [0, 0.05) is 11.9 Å². The van der Waals surface area contributed by atoms with Gasteiger partial charge in [0.25, 0.3) is 0 Å². The summed E-state index contributed by atoms with van der Waals surface area (Å²) >= 11 is 0. The summed E-state index contributed by atoms with van der Waals surface area (Å²) < 4.78 is 5.19. The maximum absolute atomic E-state index is 9.43. The molecule has 1 aromatic rings. The van der Waals surface area contributed by atoms with E-state index in [2.05, 4.69) is 4.98 Å². The van der Waals surface area contributed by atoms with Crippen LogP contribution in [0.4, 0.5) is 0 Å². The molecule has 4 nitrogen and oxygen atoms in total. The molecule has 1 aromatic heterocycles. The first-order chi connectivity index (χ1) is 5.79. The van der Waals surface area contributed by atoms with Crippen molar-refractivity contribution in [2.45, 2.75) is 18.3 Å². The molecule has 0 spiro atoms. The maximum Gasteiger partial charge on any atom is 0.126 e. The van der Waals surface area contributed by atoms with Crippen LogP contribution in [0.25, 0.3) is 0 Å². The van der Waals surface area contributed by atoms with Gasteiger partial charge in [0.1, 0.15) is 18.3 Å². The Kier molecular flexibility index (Phi) is 1.88. The van der Waals surface area contributed by atoms with E-state index in [1.54, 1.807) is 6.20 Å². The third-order valence-corrected chi connectivity index (χ3v) is 2.08. The Morgan fingerprint density at radius 3 is 2.83 bits per heavy atom. The highest BCUT2D eigenvalue weighted by atomic mass is 16.5. The largest absolute Gasteiger partial charge is 0.388 e. The zero-order valence-electron chi connectivity index (χ0n) is 6.47. The van der Waals surface area contributed by atoms with Gasteiger partial charge in [-0.15, -0.1) is 0 Å². The van der Waals surface area contributed by atoms with Crippen molar-refractivity contribution in [1.29, 1.82) is 0 Å². The molecule has 0 saturated carbocycles. The first-order valence-electron chi connectivity index (χ1n) is 3.90. The Morgan fingerprint density at radius 2 is 2.33 bits per heavy atom. The third kappa shape index (κ3) is 1.14. The number of rotatable bonds is 1. The number of aliphatic hydroxyl groups is 2. The number of hydrogen-bond acceptors (Lipinski definition) is 3. The fourth-order valence-electron chi connectivity index (χ4n) is 1.40. The van der Waals surface area contributed by atoms with Gasteiger partial charge in [0.2, 0.25) is 0 Å². The molecule has 0 radical (unpaired) electrons. The predicted octanol–water partition coefficient (Wildman–Crippen LogP) is -0.192. The number of aliphatic hydroxyl groups excluding tert-OH is 2. The van der Waals surface area contributed by atoms with Gasteiger partial charge in [-0.05, 0) is 12.1 Å². The molecule has 2 rings (SSSR count). The minimum Gasteiger partial charge on any atom is -0.388 e. The quantitative estimate of drug-likeness (QED) is 0.545. The molecular formula is C8H11NO3. The zero-order valence-corrected chi connectivity index (χ0v) is 6.47. The number of H-pyrrole nitrogens is 1. The number of aromatic amines is 1. The Morgan fingerprint density at radius 1 is 1.50 bits per heavy atom. The average Bonchev–Trinajstić information content (AvgIpc) is 2.64. The lowest BCUT2D eigenvalue weighted by Gasteiger charge is -2.12. The molecule has 0 bridgehead atoms. The summed E-state index contributed by atoms with van der Waals surface area (Å²) in [6, 6.07) is 3.65. The second-order valence-electron chi connectivity index (χ2n) is 2.94. The highest BCUT2D eigenvalue weighted by Crippen LogP contribution is 2.27. The Hall–Kier alpha value is -0.840. The number of nitrogens with one attached hydrogen (secondary N) is 1. The van der Waals surface area contributed by atoms with Crippen LogP contribution in [0.15, 0.2) is 18.3 Å². The molecular weight excluding hydrogens is 158 g/mol. The van der Waals surface area contributed by atoms with E-state index in [4.69, 9.17) is 4.74 Å². The SMILES string of the molecule is OC1COC(c2ccc[nH]2)C1O. The standard InChI is InChI=1S/C8H11NO3/c10-6-4-12-8(7(6)11)5-2-1-3-9-5/h1-3,6-11H,4H2. The summed E-state index contributed by atoms with van der Waals surface area (Å²) in [7, 11) is 0. The van der Waals surface area contributed by atoms with E-state index in [0.717, 1.165) is 5.69 Å². The molecule has 1 fully saturated rings. The second-order valence-corrected chi connectivity index (χ2v) is 2.94. The van der Waals surface area contributed by atoms with Crippen LogP contribution in [0.3, 0.4) is 0 Å². The Labute approximate surface area is 69.8 Å². The molecule has 1 aliphatic heterocycles. The van der Waals surface area contributed by atoms with Crippen LogP contribution in [-0.4, -0.2) is 34.0 Å². The van der Waals surface area contributed by atoms with E-state index in [1.165, 1.54) is 0 Å². The molecule has 0 amide bonds. The highest BCUT2D eigenvalue weighted by Gasteiger charge is 2.35. The molecule has 12 heavy (non-hydrogen) atoms. The van der Waals surface area contributed by atoms with E-state index >= 15 is 0 Å². The van der Waals surface area contributed by atoms with Crippen LogP contribution in [0.2, 0.25) is 0 Å². The van der Waals surface area contributed by atoms with Gasteiger partial charge in [0.05, 0.1) is 6.61 Å². The molecule has 4 heteroatoms. The summed E-state index contributed by atoms with van der Waals surface area (Å²) in [6.07, 6.45) is -0.229. The van der Waals surface area contributed by atoms with Gasteiger partial charge in [0.15, 0.2) is 0 Å². The van der Waals surface area contributed by atoms with Gasteiger partial charge in [-0.3, -0.25) is 0 Å². The molecule has 66 valence electrons. The Bertz CT molecular complexity index is 247. The smallest absolute Gasteiger partial charge is 0.126 e. The van der Waals surface area contributed by atoms with Gasteiger partial charge < -0.3 is 19.9 Å². The lowest BCUT2D eigenvalue weighted by Crippen LogP contribution is -2.25. The van der Waals surface area contributed by atoms with Crippen LogP contribution < -0.4 is 0 Å². The van der Waals surface area contributed by atoms with E-state index in [1.807, 2.05) is 12.1 Å². The van der Waals surface area contributed by atoms with Crippen LogP contribution in [-0.2, 0) is 4.74 Å². The normalized spacial score (nSPS) is 35.7. The minimum atomic E-state index is -0.816. The van der Waals surface area contributed by atoms with Crippen molar-refractivity contribution in [2.24, 2.45) is 0 Å². The monoisotopic (exact) mass is 169 g/mol. The Balaban J connectivity index is 2.16. The van der Waals surface area contributed by atoms with E-state index in [9.17, 15) is 10.2 Å². The van der Waals surface area contributed by atoms with Crippen molar-refractivity contribution in [2.75, 3.05) is 6.61 Å². The van der Waals surface area contributed by atoms with Crippen molar-refractivity contribution in [1.82, 2.24) is 4.98 Å². The summed E-state index contributed by atoms with van der Waals surface area (Å²) in [5, 5.41) is 18.6.